The summed E-state index contributed by atoms with van der Waals surface area (Å²) in [6.07, 6.45) is 5.53. The maximum absolute atomic E-state index is 12.3. The maximum Gasteiger partial charge on any atom is 0.276 e. The number of nitriles is 1. The highest BCUT2D eigenvalue weighted by Crippen LogP contribution is 2.38. The highest BCUT2D eigenvalue weighted by Gasteiger charge is 2.35. The van der Waals surface area contributed by atoms with E-state index in [2.05, 4.69) is 31.1 Å². The van der Waals surface area contributed by atoms with E-state index in [1.807, 2.05) is 4.90 Å². The largest absolute Gasteiger partial charge is 0.345 e. The Morgan fingerprint density at radius 2 is 2.27 bits per heavy atom. The van der Waals surface area contributed by atoms with Crippen LogP contribution >= 0.6 is 11.6 Å². The molecule has 2 N–H and O–H groups in total. The highest BCUT2D eigenvalue weighted by molar-refractivity contribution is 6.33. The van der Waals surface area contributed by atoms with Gasteiger partial charge in [-0.1, -0.05) is 11.6 Å². The van der Waals surface area contributed by atoms with Gasteiger partial charge in [0.25, 0.3) is 5.56 Å². The number of fused-ring (bicyclic) bond motifs is 2. The van der Waals surface area contributed by atoms with Crippen LogP contribution in [0.15, 0.2) is 29.6 Å². The Hall–Kier alpha value is -3.38. The fourth-order valence-corrected chi connectivity index (χ4v) is 3.57. The maximum atomic E-state index is 12.3. The highest BCUT2D eigenvalue weighted by atomic mass is 35.5. The van der Waals surface area contributed by atoms with Crippen LogP contribution in [0.1, 0.15) is 23.9 Å². The zero-order chi connectivity index (χ0) is 17.8. The van der Waals surface area contributed by atoms with Gasteiger partial charge in [-0.05, 0) is 12.5 Å². The number of H-pyrrole nitrogens is 2. The normalized spacial score (nSPS) is 16.8. The zero-order valence-electron chi connectivity index (χ0n) is 13.3. The van der Waals surface area contributed by atoms with Crippen molar-refractivity contribution in [1.82, 2.24) is 29.5 Å². The molecule has 4 aromatic rings. The number of rotatable bonds is 2. The Morgan fingerprint density at radius 3 is 3.04 bits per heavy atom. The van der Waals surface area contributed by atoms with E-state index in [-0.39, 0.29) is 11.6 Å². The second kappa shape index (κ2) is 5.31. The van der Waals surface area contributed by atoms with E-state index in [0.717, 1.165) is 13.0 Å². The first-order valence-electron chi connectivity index (χ1n) is 7.93. The Balaban J connectivity index is 1.63. The lowest BCUT2D eigenvalue weighted by atomic mass is 10.0. The van der Waals surface area contributed by atoms with E-state index in [9.17, 15) is 10.1 Å². The van der Waals surface area contributed by atoms with Gasteiger partial charge in [0.2, 0.25) is 0 Å². The standard InChI is InChI=1S/C16H11ClN8O/c17-9-1-4-25-12(9)16(26)22-13(23-25)10-2-3-24(10)15-11-8(5-18)6-19-14(11)20-7-21-15/h1,4,6-7,10H,2-3H2,(H,19,20,21)(H,22,23,26)/t10-/m0/s1. The first-order chi connectivity index (χ1) is 12.7. The second-order valence-electron chi connectivity index (χ2n) is 6.03. The summed E-state index contributed by atoms with van der Waals surface area (Å²) in [7, 11) is 0. The van der Waals surface area contributed by atoms with Crippen LogP contribution in [0.3, 0.4) is 0 Å². The van der Waals surface area contributed by atoms with Gasteiger partial charge in [-0.25, -0.2) is 14.5 Å². The molecular weight excluding hydrogens is 356 g/mol. The number of nitrogens with zero attached hydrogens (tertiary/aromatic N) is 6. The molecule has 0 unspecified atom stereocenters. The number of hydrogen-bond acceptors (Lipinski definition) is 6. The number of aromatic nitrogens is 6. The first kappa shape index (κ1) is 14.9. The predicted molar refractivity (Wildman–Crippen MR) is 94.1 cm³/mol. The molecule has 0 aliphatic carbocycles. The zero-order valence-corrected chi connectivity index (χ0v) is 14.0. The topological polar surface area (TPSA) is 119 Å². The minimum Gasteiger partial charge on any atom is -0.345 e. The molecule has 0 saturated carbocycles. The predicted octanol–water partition coefficient (Wildman–Crippen LogP) is 1.77. The van der Waals surface area contributed by atoms with E-state index in [0.29, 0.717) is 38.8 Å². The quantitative estimate of drug-likeness (QED) is 0.558. The summed E-state index contributed by atoms with van der Waals surface area (Å²) >= 11 is 6.03. The monoisotopic (exact) mass is 366 g/mol. The van der Waals surface area contributed by atoms with E-state index in [4.69, 9.17) is 11.6 Å². The summed E-state index contributed by atoms with van der Waals surface area (Å²) in [6.45, 7) is 0.737. The van der Waals surface area contributed by atoms with Crippen molar-refractivity contribution in [1.29, 1.82) is 5.26 Å². The van der Waals surface area contributed by atoms with Gasteiger partial charge in [-0.3, -0.25) is 4.79 Å². The van der Waals surface area contributed by atoms with Crippen molar-refractivity contribution in [3.63, 3.8) is 0 Å². The van der Waals surface area contributed by atoms with Crippen LogP contribution in [0, 0.1) is 11.3 Å². The summed E-state index contributed by atoms with van der Waals surface area (Å²) < 4.78 is 1.49. The SMILES string of the molecule is N#Cc1c[nH]c2ncnc(N3CC[C@H]3c3nn4ccc(Cl)c4c(=O)[nH]3)c12. The van der Waals surface area contributed by atoms with Crippen molar-refractivity contribution < 1.29 is 0 Å². The molecule has 9 nitrogen and oxygen atoms in total. The molecule has 128 valence electrons. The number of nitrogens with one attached hydrogen (secondary N) is 2. The third-order valence-corrected chi connectivity index (χ3v) is 4.97. The van der Waals surface area contributed by atoms with Gasteiger partial charge in [-0.2, -0.15) is 10.4 Å². The number of halogens is 1. The molecule has 1 aliphatic heterocycles. The average Bonchev–Trinajstić information content (AvgIpc) is 3.18. The Bertz CT molecular complexity index is 1260. The van der Waals surface area contributed by atoms with Crippen LogP contribution in [0.4, 0.5) is 5.82 Å². The Morgan fingerprint density at radius 1 is 1.38 bits per heavy atom. The van der Waals surface area contributed by atoms with Crippen LogP contribution < -0.4 is 10.5 Å². The van der Waals surface area contributed by atoms with Crippen LogP contribution in [0.5, 0.6) is 0 Å². The molecule has 1 aliphatic rings. The van der Waals surface area contributed by atoms with Crippen molar-refractivity contribution >= 4 is 34.0 Å². The lowest BCUT2D eigenvalue weighted by Gasteiger charge is -2.41. The van der Waals surface area contributed by atoms with Gasteiger partial charge in [0.15, 0.2) is 5.82 Å². The number of aromatic amines is 2. The van der Waals surface area contributed by atoms with E-state index >= 15 is 0 Å². The van der Waals surface area contributed by atoms with Crippen LogP contribution in [0.25, 0.3) is 16.6 Å². The molecule has 0 amide bonds. The molecular formula is C16H11ClN8O. The van der Waals surface area contributed by atoms with Gasteiger partial charge < -0.3 is 14.9 Å². The van der Waals surface area contributed by atoms with E-state index in [1.165, 1.54) is 10.8 Å². The summed E-state index contributed by atoms with van der Waals surface area (Å²) in [6, 6.07) is 3.64. The number of hydrogen-bond donors (Lipinski definition) is 2. The summed E-state index contributed by atoms with van der Waals surface area (Å²) in [5.41, 5.74) is 1.12. The van der Waals surface area contributed by atoms with Crippen LogP contribution in [0.2, 0.25) is 5.02 Å². The van der Waals surface area contributed by atoms with Crippen molar-refractivity contribution in [2.24, 2.45) is 0 Å². The third kappa shape index (κ3) is 1.96. The molecule has 1 atom stereocenters. The molecule has 26 heavy (non-hydrogen) atoms. The van der Waals surface area contributed by atoms with Gasteiger partial charge >= 0.3 is 0 Å². The molecule has 4 aromatic heterocycles. The van der Waals surface area contributed by atoms with Gasteiger partial charge in [0.1, 0.15) is 29.4 Å². The molecule has 0 radical (unpaired) electrons. The molecule has 5 rings (SSSR count). The third-order valence-electron chi connectivity index (χ3n) is 4.67. The van der Waals surface area contributed by atoms with Crippen LogP contribution in [-0.2, 0) is 0 Å². The first-order valence-corrected chi connectivity index (χ1v) is 8.31. The molecule has 1 saturated heterocycles. The van der Waals surface area contributed by atoms with Gasteiger partial charge in [-0.15, -0.1) is 0 Å². The van der Waals surface area contributed by atoms with Crippen molar-refractivity contribution in [3.8, 4) is 6.07 Å². The molecule has 0 spiro atoms. The number of anilines is 1. The molecule has 0 bridgehead atoms. The summed E-state index contributed by atoms with van der Waals surface area (Å²) in [4.78, 5) is 28.7. The lowest BCUT2D eigenvalue weighted by molar-refractivity contribution is 0.434. The average molecular weight is 367 g/mol. The molecule has 5 heterocycles. The van der Waals surface area contributed by atoms with Crippen molar-refractivity contribution in [2.45, 2.75) is 12.5 Å². The van der Waals surface area contributed by atoms with Crippen molar-refractivity contribution in [3.05, 3.63) is 51.6 Å². The fourth-order valence-electron chi connectivity index (χ4n) is 3.34. The summed E-state index contributed by atoms with van der Waals surface area (Å²) in [5.74, 6) is 1.18. The van der Waals surface area contributed by atoms with E-state index in [1.54, 1.807) is 18.5 Å². The minimum atomic E-state index is -0.288. The van der Waals surface area contributed by atoms with Crippen LogP contribution in [-0.4, -0.2) is 36.1 Å². The Labute approximate surface area is 150 Å². The fraction of sp³-hybridized carbons (Fsp3) is 0.188. The molecule has 1 fully saturated rings. The Kier molecular flexibility index (Phi) is 3.05. The summed E-state index contributed by atoms with van der Waals surface area (Å²) in [5, 5.41) is 14.9. The van der Waals surface area contributed by atoms with Gasteiger partial charge in [0, 0.05) is 18.9 Å². The minimum absolute atomic E-state index is 0.146. The van der Waals surface area contributed by atoms with Crippen molar-refractivity contribution in [2.75, 3.05) is 11.4 Å². The van der Waals surface area contributed by atoms with E-state index < -0.39 is 0 Å². The van der Waals surface area contributed by atoms with Gasteiger partial charge in [0.05, 0.1) is 22.0 Å². The molecule has 0 aromatic carbocycles. The lowest BCUT2D eigenvalue weighted by Crippen LogP contribution is -2.43. The molecule has 10 heteroatoms. The smallest absolute Gasteiger partial charge is 0.276 e. The second-order valence-corrected chi connectivity index (χ2v) is 6.44.